The third kappa shape index (κ3) is 6.17. The van der Waals surface area contributed by atoms with Gasteiger partial charge >= 0.3 is 0 Å². The van der Waals surface area contributed by atoms with E-state index in [1.54, 1.807) is 11.9 Å². The topological polar surface area (TPSA) is 111 Å². The number of allylic oxidation sites excluding steroid dienone is 1. The van der Waals surface area contributed by atoms with E-state index in [0.29, 0.717) is 26.3 Å². The van der Waals surface area contributed by atoms with Gasteiger partial charge in [0.25, 0.3) is 0 Å². The average molecular weight is 479 g/mol. The van der Waals surface area contributed by atoms with Crippen molar-refractivity contribution in [1.29, 1.82) is 0 Å². The molecule has 3 N–H and O–H groups in total. The number of nitrogens with zero attached hydrogens (tertiary/aromatic N) is 2. The van der Waals surface area contributed by atoms with Crippen molar-refractivity contribution < 1.29 is 24.2 Å². The molecule has 3 aliphatic rings. The summed E-state index contributed by atoms with van der Waals surface area (Å²) in [6.45, 7) is 7.09. The van der Waals surface area contributed by atoms with Crippen LogP contribution >= 0.6 is 0 Å². The lowest BCUT2D eigenvalue weighted by Crippen LogP contribution is -2.49. The van der Waals surface area contributed by atoms with Crippen LogP contribution < -0.4 is 10.6 Å². The van der Waals surface area contributed by atoms with Crippen molar-refractivity contribution in [3.05, 3.63) is 12.2 Å². The number of carbonyl (C=O) groups excluding carboxylic acids is 3. The number of rotatable bonds is 12. The van der Waals surface area contributed by atoms with E-state index in [0.717, 1.165) is 51.7 Å². The van der Waals surface area contributed by atoms with Crippen LogP contribution in [-0.2, 0) is 19.1 Å². The molecule has 192 valence electrons. The Hall–Kier alpha value is -1.97. The van der Waals surface area contributed by atoms with Gasteiger partial charge in [-0.05, 0) is 25.2 Å². The fourth-order valence-electron chi connectivity index (χ4n) is 5.67. The molecule has 2 saturated heterocycles. The summed E-state index contributed by atoms with van der Waals surface area (Å²) >= 11 is 0. The minimum atomic E-state index is -0.596. The molecule has 0 bridgehead atoms. The van der Waals surface area contributed by atoms with E-state index in [9.17, 15) is 14.4 Å². The summed E-state index contributed by atoms with van der Waals surface area (Å²) in [6, 6.07) is -0.596. The van der Waals surface area contributed by atoms with E-state index in [2.05, 4.69) is 15.5 Å². The Bertz CT molecular complexity index is 724. The monoisotopic (exact) mass is 478 g/mol. The molecule has 3 amide bonds. The van der Waals surface area contributed by atoms with Gasteiger partial charge in [-0.1, -0.05) is 31.9 Å². The van der Waals surface area contributed by atoms with Crippen LogP contribution in [0.3, 0.4) is 0 Å². The van der Waals surface area contributed by atoms with Crippen LogP contribution in [0.25, 0.3) is 0 Å². The number of carbonyl (C=O) groups is 3. The smallest absolute Gasteiger partial charge is 0.243 e. The number of fused-ring (bicyclic) bond motifs is 1. The van der Waals surface area contributed by atoms with Crippen molar-refractivity contribution in [3.8, 4) is 0 Å². The summed E-state index contributed by atoms with van der Waals surface area (Å²) in [4.78, 5) is 43.9. The Labute approximate surface area is 203 Å². The molecule has 2 fully saturated rings. The number of aliphatic hydroxyl groups excluding tert-OH is 1. The van der Waals surface area contributed by atoms with Crippen molar-refractivity contribution in [2.75, 3.05) is 59.6 Å². The lowest BCUT2D eigenvalue weighted by Gasteiger charge is -2.34. The molecular formula is C25H42N4O5. The van der Waals surface area contributed by atoms with Gasteiger partial charge in [-0.3, -0.25) is 19.3 Å². The van der Waals surface area contributed by atoms with Gasteiger partial charge in [0.1, 0.15) is 6.04 Å². The number of unbranched alkanes of at least 4 members (excludes halogenated alkanes) is 3. The predicted molar refractivity (Wildman–Crippen MR) is 129 cm³/mol. The number of likely N-dealkylation sites (tertiary alicyclic amines) is 1. The number of aliphatic hydroxyl groups is 1. The molecular weight excluding hydrogens is 436 g/mol. The highest BCUT2D eigenvalue weighted by molar-refractivity contribution is 5.96. The third-order valence-corrected chi connectivity index (χ3v) is 7.54. The molecule has 0 aromatic heterocycles. The Balaban J connectivity index is 1.74. The summed E-state index contributed by atoms with van der Waals surface area (Å²) < 4.78 is 5.38. The molecule has 0 aromatic rings. The minimum Gasteiger partial charge on any atom is -0.396 e. The lowest BCUT2D eigenvalue weighted by atomic mass is 9.69. The number of hydrogen-bond acceptors (Lipinski definition) is 6. The predicted octanol–water partition coefficient (Wildman–Crippen LogP) is 0.389. The van der Waals surface area contributed by atoms with Crippen LogP contribution in [-0.4, -0.2) is 98.3 Å². The minimum absolute atomic E-state index is 0.0142. The third-order valence-electron chi connectivity index (χ3n) is 7.54. The first-order chi connectivity index (χ1) is 16.5. The van der Waals surface area contributed by atoms with Gasteiger partial charge in [-0.15, -0.1) is 0 Å². The second kappa shape index (κ2) is 13.2. The summed E-state index contributed by atoms with van der Waals surface area (Å²) in [5.41, 5.74) is 0. The molecule has 3 rings (SSSR count). The first-order valence-corrected chi connectivity index (χ1v) is 12.9. The molecule has 9 nitrogen and oxygen atoms in total. The molecule has 9 heteroatoms. The maximum absolute atomic E-state index is 13.7. The average Bonchev–Trinajstić information content (AvgIpc) is 3.14. The molecule has 5 atom stereocenters. The molecule has 0 saturated carbocycles. The first-order valence-electron chi connectivity index (χ1n) is 12.9. The van der Waals surface area contributed by atoms with Gasteiger partial charge in [-0.2, -0.15) is 0 Å². The van der Waals surface area contributed by atoms with E-state index in [1.165, 1.54) is 0 Å². The fraction of sp³-hybridized carbons (Fsp3) is 0.800. The van der Waals surface area contributed by atoms with Crippen LogP contribution in [0.5, 0.6) is 0 Å². The summed E-state index contributed by atoms with van der Waals surface area (Å²) in [5, 5.41) is 14.8. The van der Waals surface area contributed by atoms with Crippen molar-refractivity contribution in [2.24, 2.45) is 23.7 Å². The quantitative estimate of drug-likeness (QED) is 0.276. The summed E-state index contributed by atoms with van der Waals surface area (Å²) in [5.74, 6) is -1.64. The molecule has 2 aliphatic heterocycles. The first kappa shape index (κ1) is 26.6. The van der Waals surface area contributed by atoms with Gasteiger partial charge in [0.2, 0.25) is 17.7 Å². The van der Waals surface area contributed by atoms with Crippen molar-refractivity contribution in [3.63, 3.8) is 0 Å². The van der Waals surface area contributed by atoms with Gasteiger partial charge in [0, 0.05) is 52.3 Å². The summed E-state index contributed by atoms with van der Waals surface area (Å²) in [7, 11) is 1.61. The van der Waals surface area contributed by atoms with E-state index in [1.807, 2.05) is 19.1 Å². The molecule has 0 aromatic carbocycles. The number of ether oxygens (including phenoxy) is 1. The number of amides is 3. The second-order valence-electron chi connectivity index (χ2n) is 9.56. The molecule has 0 unspecified atom stereocenters. The van der Waals surface area contributed by atoms with Crippen LogP contribution in [0.4, 0.5) is 0 Å². The zero-order valence-electron chi connectivity index (χ0n) is 20.7. The Morgan fingerprint density at radius 3 is 2.50 bits per heavy atom. The highest BCUT2D eigenvalue weighted by Crippen LogP contribution is 2.44. The largest absolute Gasteiger partial charge is 0.396 e. The normalized spacial score (nSPS) is 29.2. The van der Waals surface area contributed by atoms with Crippen molar-refractivity contribution in [2.45, 2.75) is 45.1 Å². The SMILES string of the molecule is CC[C@@H]1C=C[C@H]2[C@@H](C(=O)N(CCCCCCO)[C@@H]2C(=O)NCCN2CCOCC2)[C@@H]1C(=O)NC. The van der Waals surface area contributed by atoms with Gasteiger partial charge in [0.15, 0.2) is 0 Å². The van der Waals surface area contributed by atoms with Gasteiger partial charge in [0.05, 0.1) is 25.0 Å². The number of morpholine rings is 1. The lowest BCUT2D eigenvalue weighted by molar-refractivity contribution is -0.140. The summed E-state index contributed by atoms with van der Waals surface area (Å²) in [6.07, 6.45) is 8.10. The Morgan fingerprint density at radius 1 is 1.09 bits per heavy atom. The van der Waals surface area contributed by atoms with E-state index in [-0.39, 0.29) is 36.2 Å². The van der Waals surface area contributed by atoms with Crippen molar-refractivity contribution in [1.82, 2.24) is 20.4 Å². The Kier molecular flexibility index (Phi) is 10.3. The van der Waals surface area contributed by atoms with Crippen LogP contribution in [0.15, 0.2) is 12.2 Å². The fourth-order valence-corrected chi connectivity index (χ4v) is 5.67. The maximum atomic E-state index is 13.7. The maximum Gasteiger partial charge on any atom is 0.243 e. The molecule has 0 radical (unpaired) electrons. The highest BCUT2D eigenvalue weighted by Gasteiger charge is 2.56. The molecule has 1 aliphatic carbocycles. The van der Waals surface area contributed by atoms with E-state index >= 15 is 0 Å². The van der Waals surface area contributed by atoms with Crippen LogP contribution in [0.1, 0.15) is 39.0 Å². The molecule has 2 heterocycles. The van der Waals surface area contributed by atoms with Gasteiger partial charge < -0.3 is 25.4 Å². The zero-order valence-corrected chi connectivity index (χ0v) is 20.7. The number of hydrogen-bond donors (Lipinski definition) is 3. The number of nitrogens with one attached hydrogen (secondary N) is 2. The van der Waals surface area contributed by atoms with Crippen molar-refractivity contribution >= 4 is 17.7 Å². The zero-order chi connectivity index (χ0) is 24.5. The Morgan fingerprint density at radius 2 is 1.82 bits per heavy atom. The molecule has 34 heavy (non-hydrogen) atoms. The van der Waals surface area contributed by atoms with Crippen LogP contribution in [0.2, 0.25) is 0 Å². The highest BCUT2D eigenvalue weighted by atomic mass is 16.5. The van der Waals surface area contributed by atoms with E-state index < -0.39 is 17.9 Å². The molecule has 0 spiro atoms. The van der Waals surface area contributed by atoms with Crippen LogP contribution in [0, 0.1) is 23.7 Å². The van der Waals surface area contributed by atoms with Gasteiger partial charge in [-0.25, -0.2) is 0 Å². The van der Waals surface area contributed by atoms with E-state index in [4.69, 9.17) is 9.84 Å². The standard InChI is InChI=1S/C25H42N4O5/c1-3-18-8-9-19-21(20(18)23(31)26-2)25(33)29(11-6-4-5-7-15-30)22(19)24(32)27-10-12-28-13-16-34-17-14-28/h8-9,18-22,30H,3-7,10-17H2,1-2H3,(H,26,31)(H,27,32)/t18-,19+,20-,21-,22+/m1/s1. The second-order valence-corrected chi connectivity index (χ2v) is 9.56.